The van der Waals surface area contributed by atoms with Gasteiger partial charge in [0.25, 0.3) is 0 Å². The monoisotopic (exact) mass is 522 g/mol. The number of ketones is 1. The van der Waals surface area contributed by atoms with Gasteiger partial charge in [0.15, 0.2) is 0 Å². The van der Waals surface area contributed by atoms with Gasteiger partial charge in [-0.15, -0.1) is 0 Å². The predicted molar refractivity (Wildman–Crippen MR) is 127 cm³/mol. The molecule has 164 valence electrons. The summed E-state index contributed by atoms with van der Waals surface area (Å²) in [5.74, 6) is -0.800. The summed E-state index contributed by atoms with van der Waals surface area (Å²) in [6, 6.07) is 18.2. The van der Waals surface area contributed by atoms with Gasteiger partial charge in [0.05, 0.1) is 16.1 Å². The number of carbonyl (C=O) groups excluding carboxylic acids is 1. The largest absolute Gasteiger partial charge is 0.313 e. The lowest BCUT2D eigenvalue weighted by molar-refractivity contribution is 0.103. The minimum Gasteiger partial charge on any atom is -0.313 e. The maximum absolute atomic E-state index is 13.3. The third kappa shape index (κ3) is 4.13. The lowest BCUT2D eigenvalue weighted by Gasteiger charge is -2.04. The van der Waals surface area contributed by atoms with Crippen LogP contribution in [0, 0.1) is 24.1 Å². The van der Waals surface area contributed by atoms with Crippen molar-refractivity contribution in [3.63, 3.8) is 0 Å². The molecular formula is C25H16BrFN2O3S. The van der Waals surface area contributed by atoms with E-state index in [0.29, 0.717) is 32.4 Å². The zero-order valence-corrected chi connectivity index (χ0v) is 19.7. The molecule has 2 aromatic carbocycles. The maximum Gasteiger partial charge on any atom is 0.216 e. The molecule has 2 heterocycles. The fraction of sp³-hybridized carbons (Fsp3) is 0.0400. The van der Waals surface area contributed by atoms with Crippen molar-refractivity contribution >= 4 is 43.1 Å². The Morgan fingerprint density at radius 3 is 2.36 bits per heavy atom. The molecule has 0 aliphatic heterocycles. The van der Waals surface area contributed by atoms with E-state index in [1.165, 1.54) is 42.5 Å². The summed E-state index contributed by atoms with van der Waals surface area (Å²) in [6.45, 7) is 1.69. The predicted octanol–water partition coefficient (Wildman–Crippen LogP) is 5.72. The normalized spacial score (nSPS) is 12.0. The number of sulfone groups is 1. The number of hydrogen-bond acceptors (Lipinski definition) is 4. The van der Waals surface area contributed by atoms with Gasteiger partial charge in [-0.3, -0.25) is 4.79 Å². The van der Waals surface area contributed by atoms with Gasteiger partial charge in [-0.25, -0.2) is 12.8 Å². The lowest BCUT2D eigenvalue weighted by Crippen LogP contribution is -2.07. The van der Waals surface area contributed by atoms with E-state index >= 15 is 0 Å². The van der Waals surface area contributed by atoms with E-state index in [-0.39, 0.29) is 10.7 Å². The minimum atomic E-state index is -4.08. The van der Waals surface area contributed by atoms with Crippen LogP contribution in [0.25, 0.3) is 11.6 Å². The Kier molecular flexibility index (Phi) is 6.02. The van der Waals surface area contributed by atoms with E-state index in [2.05, 4.69) is 15.9 Å². The Hall–Kier alpha value is -3.54. The number of benzene rings is 2. The number of halogens is 2. The number of pyridine rings is 1. The molecule has 8 heteroatoms. The first-order chi connectivity index (χ1) is 15.7. The van der Waals surface area contributed by atoms with Gasteiger partial charge in [-0.05, 0) is 79.2 Å². The quantitative estimate of drug-likeness (QED) is 0.248. The topological polar surface area (TPSA) is 79.4 Å². The number of nitriles is 1. The van der Waals surface area contributed by atoms with Crippen LogP contribution in [0.4, 0.5) is 4.39 Å². The number of hydrogen-bond donors (Lipinski definition) is 0. The van der Waals surface area contributed by atoms with Crippen molar-refractivity contribution in [2.75, 3.05) is 0 Å². The number of aromatic nitrogens is 1. The van der Waals surface area contributed by atoms with Crippen molar-refractivity contribution in [2.45, 2.75) is 11.8 Å². The molecule has 4 aromatic rings. The Bertz CT molecular complexity index is 1560. The van der Waals surface area contributed by atoms with Crippen LogP contribution < -0.4 is 0 Å². The van der Waals surface area contributed by atoms with Gasteiger partial charge in [0.2, 0.25) is 15.6 Å². The van der Waals surface area contributed by atoms with Crippen LogP contribution >= 0.6 is 15.9 Å². The van der Waals surface area contributed by atoms with Crippen LogP contribution in [0.15, 0.2) is 87.2 Å². The van der Waals surface area contributed by atoms with Crippen molar-refractivity contribution < 1.29 is 17.6 Å². The van der Waals surface area contributed by atoms with E-state index < -0.39 is 20.6 Å². The summed E-state index contributed by atoms with van der Waals surface area (Å²) < 4.78 is 41.9. The number of carbonyl (C=O) groups is 1. The highest BCUT2D eigenvalue weighted by Crippen LogP contribution is 2.30. The molecule has 0 aliphatic rings. The lowest BCUT2D eigenvalue weighted by atomic mass is 10.0. The zero-order chi connectivity index (χ0) is 23.8. The van der Waals surface area contributed by atoms with Crippen LogP contribution in [0.3, 0.4) is 0 Å². The number of allylic oxidation sites excluding steroid dienone is 1. The molecule has 0 saturated carbocycles. The first-order valence-corrected chi connectivity index (χ1v) is 12.0. The van der Waals surface area contributed by atoms with Crippen LogP contribution in [0.1, 0.15) is 27.2 Å². The average Bonchev–Trinajstić information content (AvgIpc) is 3.08. The van der Waals surface area contributed by atoms with Crippen LogP contribution in [0.2, 0.25) is 0 Å². The first-order valence-electron chi connectivity index (χ1n) is 9.76. The van der Waals surface area contributed by atoms with Crippen LogP contribution in [0.5, 0.6) is 0 Å². The average molecular weight is 523 g/mol. The smallest absolute Gasteiger partial charge is 0.216 e. The molecule has 0 N–H and O–H groups in total. The first kappa shape index (κ1) is 22.6. The fourth-order valence-electron chi connectivity index (χ4n) is 3.60. The van der Waals surface area contributed by atoms with Gasteiger partial charge in [0.1, 0.15) is 16.8 Å². The van der Waals surface area contributed by atoms with Gasteiger partial charge < -0.3 is 4.40 Å². The highest BCUT2D eigenvalue weighted by Gasteiger charge is 2.25. The van der Waals surface area contributed by atoms with E-state index in [9.17, 15) is 22.9 Å². The molecule has 0 saturated heterocycles. The molecule has 0 atom stereocenters. The van der Waals surface area contributed by atoms with Gasteiger partial charge in [-0.2, -0.15) is 5.26 Å². The van der Waals surface area contributed by atoms with Crippen molar-refractivity contribution in [2.24, 2.45) is 0 Å². The second-order valence-corrected chi connectivity index (χ2v) is 10.1. The van der Waals surface area contributed by atoms with Gasteiger partial charge >= 0.3 is 0 Å². The van der Waals surface area contributed by atoms with Crippen molar-refractivity contribution in [1.29, 1.82) is 5.26 Å². The highest BCUT2D eigenvalue weighted by molar-refractivity contribution is 9.10. The third-order valence-corrected chi connectivity index (χ3v) is 7.47. The molecule has 0 aliphatic carbocycles. The van der Waals surface area contributed by atoms with Crippen molar-refractivity contribution in [3.05, 3.63) is 111 Å². The molecule has 2 aromatic heterocycles. The summed E-state index contributed by atoms with van der Waals surface area (Å²) in [6.07, 6.45) is 2.98. The van der Waals surface area contributed by atoms with Gasteiger partial charge in [-0.1, -0.05) is 22.0 Å². The standard InChI is InChI=1S/C25H16BrFN2O3S/c1-16-22(14-21(15-28)33(31,32)20-11-7-18(26)8-12-20)23-4-2-3-13-29(23)24(16)25(30)17-5-9-19(27)10-6-17/h2-14H,1H3. The molecule has 5 nitrogen and oxygen atoms in total. The summed E-state index contributed by atoms with van der Waals surface area (Å²) in [5.41, 5.74) is 2.12. The molecule has 4 rings (SSSR count). The third-order valence-electron chi connectivity index (χ3n) is 5.26. The molecule has 0 fully saturated rings. The SMILES string of the molecule is Cc1c(C=C(C#N)S(=O)(=O)c2ccc(Br)cc2)c2ccccn2c1C(=O)c1ccc(F)cc1. The summed E-state index contributed by atoms with van der Waals surface area (Å²) in [5, 5.41) is 9.71. The van der Waals surface area contributed by atoms with Crippen LogP contribution in [-0.4, -0.2) is 18.6 Å². The molecule has 0 unspecified atom stereocenters. The molecule has 33 heavy (non-hydrogen) atoms. The van der Waals surface area contributed by atoms with Crippen molar-refractivity contribution in [1.82, 2.24) is 4.40 Å². The van der Waals surface area contributed by atoms with Crippen LogP contribution in [-0.2, 0) is 9.84 Å². The zero-order valence-electron chi connectivity index (χ0n) is 17.3. The summed E-state index contributed by atoms with van der Waals surface area (Å²) >= 11 is 3.27. The highest BCUT2D eigenvalue weighted by atomic mass is 79.9. The Morgan fingerprint density at radius 2 is 1.73 bits per heavy atom. The van der Waals surface area contributed by atoms with E-state index in [1.54, 1.807) is 53.9 Å². The van der Waals surface area contributed by atoms with Gasteiger partial charge in [0, 0.05) is 21.8 Å². The molecular weight excluding hydrogens is 507 g/mol. The number of fused-ring (bicyclic) bond motifs is 1. The molecule has 0 bridgehead atoms. The Balaban J connectivity index is 1.91. The van der Waals surface area contributed by atoms with E-state index in [0.717, 1.165) is 0 Å². The molecule has 0 spiro atoms. The summed E-state index contributed by atoms with van der Waals surface area (Å²) in [7, 11) is -4.08. The van der Waals surface area contributed by atoms with E-state index in [4.69, 9.17) is 0 Å². The number of rotatable bonds is 5. The molecule has 0 radical (unpaired) electrons. The summed E-state index contributed by atoms with van der Waals surface area (Å²) in [4.78, 5) is 12.8. The van der Waals surface area contributed by atoms with Crippen molar-refractivity contribution in [3.8, 4) is 6.07 Å². The minimum absolute atomic E-state index is 0.0118. The number of nitrogens with zero attached hydrogens (tertiary/aromatic N) is 2. The fourth-order valence-corrected chi connectivity index (χ4v) is 5.01. The Labute approximate surface area is 198 Å². The second kappa shape index (κ2) is 8.77. The Morgan fingerprint density at radius 1 is 1.06 bits per heavy atom. The second-order valence-electron chi connectivity index (χ2n) is 7.26. The van der Waals surface area contributed by atoms with E-state index in [1.807, 2.05) is 0 Å². The molecule has 0 amide bonds. The maximum atomic E-state index is 13.3.